The van der Waals surface area contributed by atoms with Crippen LogP contribution in [0, 0.1) is 0 Å². The Hall–Kier alpha value is -4.46. The summed E-state index contributed by atoms with van der Waals surface area (Å²) in [5, 5.41) is 8.78. The fraction of sp³-hybridized carbons (Fsp3) is 0.0833. The molecule has 8 heteroatoms. The van der Waals surface area contributed by atoms with E-state index in [1.807, 2.05) is 24.3 Å². The Labute approximate surface area is 183 Å². The number of aromatic amines is 1. The van der Waals surface area contributed by atoms with Crippen molar-refractivity contribution in [3.05, 3.63) is 95.0 Å². The normalized spacial score (nSPS) is 10.5. The lowest BCUT2D eigenvalue weighted by atomic mass is 10.2. The maximum absolute atomic E-state index is 12.3. The Kier molecular flexibility index (Phi) is 6.22. The van der Waals surface area contributed by atoms with Crippen LogP contribution in [0.3, 0.4) is 0 Å². The third-order valence-electron chi connectivity index (χ3n) is 4.71. The van der Waals surface area contributed by atoms with E-state index in [2.05, 4.69) is 25.9 Å². The second-order valence-electron chi connectivity index (χ2n) is 7.10. The molecule has 0 aliphatic rings. The van der Waals surface area contributed by atoms with Crippen LogP contribution in [0.1, 0.15) is 12.2 Å². The smallest absolute Gasteiger partial charge is 0.323 e. The summed E-state index contributed by atoms with van der Waals surface area (Å²) in [6.07, 6.45) is 0.478. The summed E-state index contributed by atoms with van der Waals surface area (Å²) in [5.74, 6) is 0.260. The number of para-hydroxylation sites is 2. The second-order valence-corrected chi connectivity index (χ2v) is 7.10. The monoisotopic (exact) mass is 427 g/mol. The fourth-order valence-corrected chi connectivity index (χ4v) is 3.16. The average molecular weight is 427 g/mol. The molecular weight excluding hydrogens is 406 g/mol. The van der Waals surface area contributed by atoms with Crippen molar-refractivity contribution in [2.45, 2.75) is 12.8 Å². The number of aryl methyl sites for hydroxylation is 1. The molecule has 0 radical (unpaired) electrons. The molecule has 1 heterocycles. The third-order valence-corrected chi connectivity index (χ3v) is 4.71. The van der Waals surface area contributed by atoms with E-state index in [0.717, 1.165) is 0 Å². The molecule has 4 aromatic rings. The summed E-state index contributed by atoms with van der Waals surface area (Å²) < 4.78 is 0. The van der Waals surface area contributed by atoms with Gasteiger partial charge >= 0.3 is 6.03 Å². The zero-order valence-electron chi connectivity index (χ0n) is 17.1. The zero-order valence-corrected chi connectivity index (χ0v) is 17.1. The van der Waals surface area contributed by atoms with Crippen molar-refractivity contribution in [1.82, 2.24) is 9.97 Å². The maximum atomic E-state index is 12.3. The Morgan fingerprint density at radius 2 is 1.34 bits per heavy atom. The average Bonchev–Trinajstić information content (AvgIpc) is 2.80. The van der Waals surface area contributed by atoms with Gasteiger partial charge in [0.05, 0.1) is 10.9 Å². The number of hydrogen-bond acceptors (Lipinski definition) is 4. The molecule has 0 saturated carbocycles. The minimum absolute atomic E-state index is 0.167. The molecule has 3 amide bonds. The van der Waals surface area contributed by atoms with Crippen LogP contribution in [0.25, 0.3) is 10.9 Å². The first-order chi connectivity index (χ1) is 15.6. The maximum Gasteiger partial charge on any atom is 0.323 e. The summed E-state index contributed by atoms with van der Waals surface area (Å²) in [4.78, 5) is 43.6. The van der Waals surface area contributed by atoms with Crippen molar-refractivity contribution < 1.29 is 9.59 Å². The molecule has 4 N–H and O–H groups in total. The van der Waals surface area contributed by atoms with Gasteiger partial charge in [-0.2, -0.15) is 0 Å². The van der Waals surface area contributed by atoms with Crippen molar-refractivity contribution in [2.24, 2.45) is 0 Å². The summed E-state index contributed by atoms with van der Waals surface area (Å²) in [5.41, 5.74) is 2.27. The van der Waals surface area contributed by atoms with E-state index in [1.165, 1.54) is 0 Å². The van der Waals surface area contributed by atoms with Crippen LogP contribution in [-0.4, -0.2) is 21.9 Å². The van der Waals surface area contributed by atoms with Crippen LogP contribution >= 0.6 is 0 Å². The number of nitrogens with zero attached hydrogens (tertiary/aromatic N) is 1. The molecule has 3 aromatic carbocycles. The van der Waals surface area contributed by atoms with Gasteiger partial charge in [0.25, 0.3) is 5.56 Å². The summed E-state index contributed by atoms with van der Waals surface area (Å²) >= 11 is 0. The number of aromatic nitrogens is 2. The standard InChI is InChI=1S/C24H21N5O3/c30-22(15-14-21-28-20-9-5-4-8-19(20)23(31)29-21)25-17-10-12-18(13-11-17)27-24(32)26-16-6-2-1-3-7-16/h1-13H,14-15H2,(H,25,30)(H2,26,27,32)(H,28,29,31). The minimum Gasteiger partial charge on any atom is -0.326 e. The molecule has 0 saturated heterocycles. The number of H-pyrrole nitrogens is 1. The Morgan fingerprint density at radius 1 is 0.750 bits per heavy atom. The first-order valence-electron chi connectivity index (χ1n) is 10.1. The van der Waals surface area contributed by atoms with Crippen molar-refractivity contribution in [3.8, 4) is 0 Å². The van der Waals surface area contributed by atoms with Gasteiger partial charge in [-0.25, -0.2) is 9.78 Å². The van der Waals surface area contributed by atoms with Gasteiger partial charge in [-0.3, -0.25) is 9.59 Å². The van der Waals surface area contributed by atoms with Gasteiger partial charge in [0.2, 0.25) is 5.91 Å². The topological polar surface area (TPSA) is 116 Å². The van der Waals surface area contributed by atoms with Crippen molar-refractivity contribution in [2.75, 3.05) is 16.0 Å². The molecule has 1 aromatic heterocycles. The lowest BCUT2D eigenvalue weighted by molar-refractivity contribution is -0.116. The van der Waals surface area contributed by atoms with E-state index in [0.29, 0.717) is 40.2 Å². The van der Waals surface area contributed by atoms with Crippen LogP contribution < -0.4 is 21.5 Å². The van der Waals surface area contributed by atoms with Gasteiger partial charge in [0, 0.05) is 29.9 Å². The molecule has 0 unspecified atom stereocenters. The van der Waals surface area contributed by atoms with Crippen LogP contribution in [0.2, 0.25) is 0 Å². The number of carbonyl (C=O) groups is 2. The Morgan fingerprint density at radius 3 is 2.06 bits per heavy atom. The highest BCUT2D eigenvalue weighted by atomic mass is 16.2. The lowest BCUT2D eigenvalue weighted by Gasteiger charge is -2.09. The van der Waals surface area contributed by atoms with Crippen LogP contribution in [0.5, 0.6) is 0 Å². The highest BCUT2D eigenvalue weighted by Crippen LogP contribution is 2.15. The molecular formula is C24H21N5O3. The molecule has 0 aliphatic heterocycles. The number of benzene rings is 3. The number of urea groups is 1. The molecule has 0 spiro atoms. The summed E-state index contributed by atoms with van der Waals surface area (Å²) in [7, 11) is 0. The van der Waals surface area contributed by atoms with Crippen molar-refractivity contribution in [3.63, 3.8) is 0 Å². The highest BCUT2D eigenvalue weighted by Gasteiger charge is 2.08. The largest absolute Gasteiger partial charge is 0.326 e. The summed E-state index contributed by atoms with van der Waals surface area (Å²) in [6.45, 7) is 0. The van der Waals surface area contributed by atoms with Gasteiger partial charge < -0.3 is 20.9 Å². The van der Waals surface area contributed by atoms with Crippen molar-refractivity contribution >= 4 is 39.9 Å². The van der Waals surface area contributed by atoms with Crippen LogP contribution in [-0.2, 0) is 11.2 Å². The summed E-state index contributed by atoms with van der Waals surface area (Å²) in [6, 6.07) is 22.6. The number of amides is 3. The number of anilines is 3. The van der Waals surface area contributed by atoms with E-state index >= 15 is 0 Å². The van der Waals surface area contributed by atoms with Crippen molar-refractivity contribution in [1.29, 1.82) is 0 Å². The number of nitrogens with one attached hydrogen (secondary N) is 4. The number of rotatable bonds is 6. The van der Waals surface area contributed by atoms with Gasteiger partial charge in [0.1, 0.15) is 5.82 Å². The predicted molar refractivity (Wildman–Crippen MR) is 125 cm³/mol. The Bertz CT molecular complexity index is 1300. The fourth-order valence-electron chi connectivity index (χ4n) is 3.16. The predicted octanol–water partition coefficient (Wildman–Crippen LogP) is 4.14. The number of fused-ring (bicyclic) bond motifs is 1. The molecule has 8 nitrogen and oxygen atoms in total. The van der Waals surface area contributed by atoms with E-state index in [1.54, 1.807) is 54.6 Å². The third kappa shape index (κ3) is 5.37. The van der Waals surface area contributed by atoms with Gasteiger partial charge in [-0.1, -0.05) is 30.3 Å². The second kappa shape index (κ2) is 9.57. The van der Waals surface area contributed by atoms with Crippen LogP contribution in [0.4, 0.5) is 21.9 Å². The molecule has 0 aliphatic carbocycles. The molecule has 0 atom stereocenters. The van der Waals surface area contributed by atoms with Gasteiger partial charge in [-0.05, 0) is 48.5 Å². The first kappa shape index (κ1) is 20.8. The molecule has 0 bridgehead atoms. The molecule has 0 fully saturated rings. The SMILES string of the molecule is O=C(CCc1nc2ccccc2c(=O)[nH]1)Nc1ccc(NC(=O)Nc2ccccc2)cc1. The van der Waals surface area contributed by atoms with E-state index in [-0.39, 0.29) is 23.9 Å². The van der Waals surface area contributed by atoms with E-state index in [4.69, 9.17) is 0 Å². The number of hydrogen-bond donors (Lipinski definition) is 4. The molecule has 32 heavy (non-hydrogen) atoms. The van der Waals surface area contributed by atoms with Crippen LogP contribution in [0.15, 0.2) is 83.7 Å². The quantitative estimate of drug-likeness (QED) is 0.370. The Balaban J connectivity index is 1.29. The highest BCUT2D eigenvalue weighted by molar-refractivity contribution is 6.00. The minimum atomic E-state index is -0.357. The molecule has 4 rings (SSSR count). The van der Waals surface area contributed by atoms with Gasteiger partial charge in [0.15, 0.2) is 0 Å². The van der Waals surface area contributed by atoms with Gasteiger partial charge in [-0.15, -0.1) is 0 Å². The van der Waals surface area contributed by atoms with E-state index in [9.17, 15) is 14.4 Å². The lowest BCUT2D eigenvalue weighted by Crippen LogP contribution is -2.19. The molecule has 160 valence electrons. The zero-order chi connectivity index (χ0) is 22.3. The van der Waals surface area contributed by atoms with E-state index < -0.39 is 0 Å². The first-order valence-corrected chi connectivity index (χ1v) is 10.1. The number of carbonyl (C=O) groups excluding carboxylic acids is 2.